The molecule has 1 heterocycles. The Labute approximate surface area is 125 Å². The van der Waals surface area contributed by atoms with Gasteiger partial charge in [-0.2, -0.15) is 0 Å². The van der Waals surface area contributed by atoms with Gasteiger partial charge in [0.05, 0.1) is 0 Å². The predicted octanol–water partition coefficient (Wildman–Crippen LogP) is 1.63. The lowest BCUT2D eigenvalue weighted by Crippen LogP contribution is -2.42. The molecule has 1 aromatic heterocycles. The van der Waals surface area contributed by atoms with Gasteiger partial charge in [0, 0.05) is 17.8 Å². The molecule has 6 nitrogen and oxygen atoms in total. The molecule has 0 spiro atoms. The molecule has 1 atom stereocenters. The van der Waals surface area contributed by atoms with E-state index in [0.717, 1.165) is 18.7 Å². The van der Waals surface area contributed by atoms with Gasteiger partial charge in [0.25, 0.3) is 5.91 Å². The standard InChI is InChI=1S/C15H24N4O2/c1-5-6-17-13-8-11(7-12(19-13)9(2)3)15(21)18-10(4)14(16)20/h7-10H,5-6H2,1-4H3,(H2,16,20)(H,17,19)(H,18,21). The highest BCUT2D eigenvalue weighted by Gasteiger charge is 2.16. The third-order valence-corrected chi connectivity index (χ3v) is 3.03. The summed E-state index contributed by atoms with van der Waals surface area (Å²) in [5.41, 5.74) is 6.46. The van der Waals surface area contributed by atoms with E-state index in [4.69, 9.17) is 5.73 Å². The van der Waals surface area contributed by atoms with Crippen LogP contribution in [0.15, 0.2) is 12.1 Å². The van der Waals surface area contributed by atoms with Gasteiger partial charge in [-0.25, -0.2) is 4.98 Å². The molecule has 0 saturated heterocycles. The van der Waals surface area contributed by atoms with E-state index in [2.05, 4.69) is 22.5 Å². The SMILES string of the molecule is CCCNc1cc(C(=O)NC(C)C(N)=O)cc(C(C)C)n1. The van der Waals surface area contributed by atoms with Crippen molar-refractivity contribution in [3.05, 3.63) is 23.4 Å². The van der Waals surface area contributed by atoms with Crippen LogP contribution in [0.25, 0.3) is 0 Å². The normalized spacial score (nSPS) is 12.0. The van der Waals surface area contributed by atoms with Crippen molar-refractivity contribution in [1.82, 2.24) is 10.3 Å². The smallest absolute Gasteiger partial charge is 0.252 e. The third kappa shape index (κ3) is 5.06. The Morgan fingerprint density at radius 1 is 1.29 bits per heavy atom. The van der Waals surface area contributed by atoms with Crippen molar-refractivity contribution in [1.29, 1.82) is 0 Å². The highest BCUT2D eigenvalue weighted by molar-refractivity contribution is 5.97. The lowest BCUT2D eigenvalue weighted by molar-refractivity contribution is -0.119. The van der Waals surface area contributed by atoms with Crippen LogP contribution in [0.1, 0.15) is 56.1 Å². The first-order valence-corrected chi connectivity index (χ1v) is 7.21. The van der Waals surface area contributed by atoms with Crippen molar-refractivity contribution >= 4 is 17.6 Å². The summed E-state index contributed by atoms with van der Waals surface area (Å²) in [7, 11) is 0. The second-order valence-corrected chi connectivity index (χ2v) is 5.34. The second-order valence-electron chi connectivity index (χ2n) is 5.34. The van der Waals surface area contributed by atoms with Crippen molar-refractivity contribution in [3.63, 3.8) is 0 Å². The van der Waals surface area contributed by atoms with Crippen LogP contribution < -0.4 is 16.4 Å². The monoisotopic (exact) mass is 292 g/mol. The average Bonchev–Trinajstić information content (AvgIpc) is 2.44. The molecular weight excluding hydrogens is 268 g/mol. The molecule has 0 aliphatic carbocycles. The number of carbonyl (C=O) groups is 2. The van der Waals surface area contributed by atoms with Gasteiger partial charge in [-0.05, 0) is 31.4 Å². The molecular formula is C15H24N4O2. The zero-order chi connectivity index (χ0) is 16.0. The molecule has 0 aliphatic rings. The van der Waals surface area contributed by atoms with Crippen molar-refractivity contribution < 1.29 is 9.59 Å². The maximum absolute atomic E-state index is 12.2. The van der Waals surface area contributed by atoms with E-state index >= 15 is 0 Å². The van der Waals surface area contributed by atoms with Crippen molar-refractivity contribution in [2.24, 2.45) is 5.73 Å². The van der Waals surface area contributed by atoms with Crippen LogP contribution in [0.5, 0.6) is 0 Å². The number of amides is 2. The molecule has 0 radical (unpaired) electrons. The lowest BCUT2D eigenvalue weighted by Gasteiger charge is -2.14. The van der Waals surface area contributed by atoms with Gasteiger partial charge in [0.2, 0.25) is 5.91 Å². The maximum Gasteiger partial charge on any atom is 0.252 e. The molecule has 2 amide bonds. The molecule has 1 rings (SSSR count). The molecule has 0 aromatic carbocycles. The zero-order valence-electron chi connectivity index (χ0n) is 13.1. The number of nitrogens with two attached hydrogens (primary N) is 1. The quantitative estimate of drug-likeness (QED) is 0.711. The Bertz CT molecular complexity index is 514. The number of pyridine rings is 1. The summed E-state index contributed by atoms with van der Waals surface area (Å²) in [6, 6.07) is 2.72. The first-order valence-electron chi connectivity index (χ1n) is 7.21. The molecule has 0 bridgehead atoms. The van der Waals surface area contributed by atoms with Crippen LogP contribution >= 0.6 is 0 Å². The fourth-order valence-electron chi connectivity index (χ4n) is 1.67. The topological polar surface area (TPSA) is 97.1 Å². The van der Waals surface area contributed by atoms with Gasteiger partial charge in [-0.3, -0.25) is 9.59 Å². The van der Waals surface area contributed by atoms with Crippen LogP contribution in [-0.4, -0.2) is 29.4 Å². The molecule has 0 aliphatic heterocycles. The van der Waals surface area contributed by atoms with Gasteiger partial charge in [-0.1, -0.05) is 20.8 Å². The zero-order valence-corrected chi connectivity index (χ0v) is 13.1. The number of nitrogens with one attached hydrogen (secondary N) is 2. The summed E-state index contributed by atoms with van der Waals surface area (Å²) in [4.78, 5) is 27.7. The molecule has 0 fully saturated rings. The van der Waals surface area contributed by atoms with Crippen LogP contribution in [0.3, 0.4) is 0 Å². The van der Waals surface area contributed by atoms with E-state index in [0.29, 0.717) is 11.4 Å². The molecule has 6 heteroatoms. The summed E-state index contributed by atoms with van der Waals surface area (Å²) in [6.45, 7) is 8.43. The van der Waals surface area contributed by atoms with Gasteiger partial charge in [0.1, 0.15) is 11.9 Å². The second kappa shape index (κ2) is 7.61. The summed E-state index contributed by atoms with van der Waals surface area (Å²) in [5.74, 6) is -0.0237. The minimum Gasteiger partial charge on any atom is -0.370 e. The number of hydrogen-bond donors (Lipinski definition) is 3. The number of anilines is 1. The predicted molar refractivity (Wildman–Crippen MR) is 83.2 cm³/mol. The lowest BCUT2D eigenvalue weighted by atomic mass is 10.1. The van der Waals surface area contributed by atoms with Gasteiger partial charge < -0.3 is 16.4 Å². The van der Waals surface area contributed by atoms with Crippen molar-refractivity contribution in [3.8, 4) is 0 Å². The van der Waals surface area contributed by atoms with Crippen LogP contribution in [0, 0.1) is 0 Å². The van der Waals surface area contributed by atoms with Crippen molar-refractivity contribution in [2.75, 3.05) is 11.9 Å². The number of carbonyl (C=O) groups excluding carboxylic acids is 2. The highest BCUT2D eigenvalue weighted by atomic mass is 16.2. The van der Waals surface area contributed by atoms with Crippen LogP contribution in [0.2, 0.25) is 0 Å². The largest absolute Gasteiger partial charge is 0.370 e. The molecule has 0 saturated carbocycles. The van der Waals surface area contributed by atoms with Gasteiger partial charge in [0.15, 0.2) is 0 Å². The molecule has 1 aromatic rings. The van der Waals surface area contributed by atoms with Crippen LogP contribution in [-0.2, 0) is 4.79 Å². The van der Waals surface area contributed by atoms with E-state index in [-0.39, 0.29) is 11.8 Å². The molecule has 21 heavy (non-hydrogen) atoms. The van der Waals surface area contributed by atoms with E-state index < -0.39 is 11.9 Å². The number of primary amides is 1. The van der Waals surface area contributed by atoms with E-state index in [9.17, 15) is 9.59 Å². The van der Waals surface area contributed by atoms with Crippen LogP contribution in [0.4, 0.5) is 5.82 Å². The number of hydrogen-bond acceptors (Lipinski definition) is 4. The summed E-state index contributed by atoms with van der Waals surface area (Å²) in [6.07, 6.45) is 0.966. The first-order chi connectivity index (χ1) is 9.85. The fourth-order valence-corrected chi connectivity index (χ4v) is 1.67. The molecule has 4 N–H and O–H groups in total. The number of rotatable bonds is 7. The molecule has 116 valence electrons. The van der Waals surface area contributed by atoms with Gasteiger partial charge in [-0.15, -0.1) is 0 Å². The Kier molecular flexibility index (Phi) is 6.14. The maximum atomic E-state index is 12.2. The average molecular weight is 292 g/mol. The minimum absolute atomic E-state index is 0.202. The van der Waals surface area contributed by atoms with E-state index in [1.54, 1.807) is 19.1 Å². The van der Waals surface area contributed by atoms with Crippen molar-refractivity contribution in [2.45, 2.75) is 46.1 Å². The number of aromatic nitrogens is 1. The summed E-state index contributed by atoms with van der Waals surface area (Å²) in [5, 5.41) is 5.75. The fraction of sp³-hybridized carbons (Fsp3) is 0.533. The van der Waals surface area contributed by atoms with E-state index in [1.165, 1.54) is 0 Å². The highest BCUT2D eigenvalue weighted by Crippen LogP contribution is 2.18. The Morgan fingerprint density at radius 2 is 1.95 bits per heavy atom. The molecule has 1 unspecified atom stereocenters. The van der Waals surface area contributed by atoms with Gasteiger partial charge >= 0.3 is 0 Å². The Morgan fingerprint density at radius 3 is 2.48 bits per heavy atom. The summed E-state index contributed by atoms with van der Waals surface area (Å²) >= 11 is 0. The van der Waals surface area contributed by atoms with E-state index in [1.807, 2.05) is 13.8 Å². The number of nitrogens with zero attached hydrogens (tertiary/aromatic N) is 1. The Hall–Kier alpha value is -2.11. The summed E-state index contributed by atoms with van der Waals surface area (Å²) < 4.78 is 0. The third-order valence-electron chi connectivity index (χ3n) is 3.03. The Balaban J connectivity index is 3.01. The minimum atomic E-state index is -0.708. The first kappa shape index (κ1) is 16.9.